The molecule has 0 spiro atoms. The fourth-order valence-electron chi connectivity index (χ4n) is 2.21. The van der Waals surface area contributed by atoms with Crippen molar-refractivity contribution >= 4 is 46.9 Å². The largest absolute Gasteiger partial charge is 0.493 e. The van der Waals surface area contributed by atoms with Gasteiger partial charge in [-0.25, -0.2) is 5.43 Å². The number of methoxy groups -OCH3 is 3. The molecule has 0 fully saturated rings. The predicted molar refractivity (Wildman–Crippen MR) is 107 cm³/mol. The fraction of sp³-hybridized carbons (Fsp3) is 0.167. The Morgan fingerprint density at radius 3 is 2.32 bits per heavy atom. The molecular formula is C18H17Cl2N3O5. The van der Waals surface area contributed by atoms with Crippen LogP contribution in [-0.2, 0) is 9.59 Å². The number of rotatable bonds is 6. The Kier molecular flexibility index (Phi) is 7.48. The molecule has 148 valence electrons. The Morgan fingerprint density at radius 1 is 0.964 bits per heavy atom. The van der Waals surface area contributed by atoms with Gasteiger partial charge in [0.2, 0.25) is 5.75 Å². The van der Waals surface area contributed by atoms with Crippen LogP contribution in [0, 0.1) is 0 Å². The van der Waals surface area contributed by atoms with Crippen molar-refractivity contribution in [3.8, 4) is 17.2 Å². The third-order valence-electron chi connectivity index (χ3n) is 3.49. The number of benzene rings is 2. The third-order valence-corrected chi connectivity index (χ3v) is 4.05. The van der Waals surface area contributed by atoms with Crippen LogP contribution in [0.3, 0.4) is 0 Å². The lowest BCUT2D eigenvalue weighted by atomic mass is 10.2. The van der Waals surface area contributed by atoms with E-state index in [1.807, 2.05) is 0 Å². The van der Waals surface area contributed by atoms with E-state index >= 15 is 0 Å². The number of carbonyl (C=O) groups is 2. The van der Waals surface area contributed by atoms with Crippen LogP contribution in [0.1, 0.15) is 5.56 Å². The number of hydrogen-bond acceptors (Lipinski definition) is 6. The van der Waals surface area contributed by atoms with Crippen molar-refractivity contribution < 1.29 is 23.8 Å². The Labute approximate surface area is 171 Å². The summed E-state index contributed by atoms with van der Waals surface area (Å²) in [5, 5.41) is 6.72. The zero-order valence-corrected chi connectivity index (χ0v) is 16.7. The first-order chi connectivity index (χ1) is 13.4. The van der Waals surface area contributed by atoms with E-state index in [1.165, 1.54) is 39.7 Å². The van der Waals surface area contributed by atoms with E-state index in [9.17, 15) is 9.59 Å². The second kappa shape index (κ2) is 9.82. The summed E-state index contributed by atoms with van der Waals surface area (Å²) in [4.78, 5) is 23.9. The van der Waals surface area contributed by atoms with Gasteiger partial charge in [0.05, 0.1) is 38.3 Å². The van der Waals surface area contributed by atoms with E-state index in [0.29, 0.717) is 27.8 Å². The van der Waals surface area contributed by atoms with Crippen LogP contribution < -0.4 is 25.0 Å². The molecule has 0 saturated carbocycles. The summed E-state index contributed by atoms with van der Waals surface area (Å²) >= 11 is 11.8. The lowest BCUT2D eigenvalue weighted by Crippen LogP contribution is -2.32. The van der Waals surface area contributed by atoms with Crippen molar-refractivity contribution in [1.82, 2.24) is 5.43 Å². The quantitative estimate of drug-likeness (QED) is 0.420. The number of hydrogen-bond donors (Lipinski definition) is 2. The minimum atomic E-state index is -0.994. The molecule has 10 heteroatoms. The summed E-state index contributed by atoms with van der Waals surface area (Å²) in [5.41, 5.74) is 2.82. The average molecular weight is 426 g/mol. The summed E-state index contributed by atoms with van der Waals surface area (Å²) in [6.45, 7) is 0. The number of nitrogens with one attached hydrogen (secondary N) is 2. The molecular weight excluding hydrogens is 409 g/mol. The van der Waals surface area contributed by atoms with Gasteiger partial charge < -0.3 is 19.5 Å². The average Bonchev–Trinajstić information content (AvgIpc) is 2.69. The van der Waals surface area contributed by atoms with Crippen LogP contribution in [0.15, 0.2) is 35.4 Å². The number of ether oxygens (including phenoxy) is 3. The maximum Gasteiger partial charge on any atom is 0.329 e. The molecule has 0 unspecified atom stereocenters. The summed E-state index contributed by atoms with van der Waals surface area (Å²) < 4.78 is 15.8. The van der Waals surface area contributed by atoms with E-state index < -0.39 is 11.8 Å². The van der Waals surface area contributed by atoms with Crippen molar-refractivity contribution in [2.45, 2.75) is 0 Å². The van der Waals surface area contributed by atoms with Gasteiger partial charge in [-0.15, -0.1) is 0 Å². The molecule has 0 atom stereocenters. The van der Waals surface area contributed by atoms with Crippen LogP contribution >= 0.6 is 23.2 Å². The molecule has 2 N–H and O–H groups in total. The highest BCUT2D eigenvalue weighted by Crippen LogP contribution is 2.38. The molecule has 0 saturated heterocycles. The van der Waals surface area contributed by atoms with Gasteiger partial charge in [0, 0.05) is 10.6 Å². The fourth-order valence-corrected chi connectivity index (χ4v) is 2.55. The number of nitrogens with zero attached hydrogens (tertiary/aromatic N) is 1. The number of amides is 2. The zero-order valence-electron chi connectivity index (χ0n) is 15.2. The lowest BCUT2D eigenvalue weighted by Gasteiger charge is -2.13. The summed E-state index contributed by atoms with van der Waals surface area (Å²) in [7, 11) is 4.42. The molecule has 0 aliphatic heterocycles. The number of anilines is 1. The molecule has 0 bridgehead atoms. The van der Waals surface area contributed by atoms with Gasteiger partial charge in [0.1, 0.15) is 0 Å². The molecule has 2 rings (SSSR count). The molecule has 0 aromatic heterocycles. The van der Waals surface area contributed by atoms with Crippen molar-refractivity contribution in [2.24, 2.45) is 5.10 Å². The minimum absolute atomic E-state index is 0.208. The molecule has 2 amide bonds. The van der Waals surface area contributed by atoms with Crippen molar-refractivity contribution in [3.05, 3.63) is 45.9 Å². The second-order valence-corrected chi connectivity index (χ2v) is 6.04. The topological polar surface area (TPSA) is 98.2 Å². The highest BCUT2D eigenvalue weighted by molar-refractivity contribution is 6.42. The predicted octanol–water partition coefficient (Wildman–Crippen LogP) is 3.11. The summed E-state index contributed by atoms with van der Waals surface area (Å²) in [6, 6.07) is 7.78. The molecule has 2 aromatic carbocycles. The number of carbonyl (C=O) groups excluding carboxylic acids is 2. The standard InChI is InChI=1S/C18H17Cl2N3O5/c1-26-14-7-4-10(15(27-2)16(14)28-3)9-21-23-18(25)17(24)22-13-8-11(19)5-6-12(13)20/h4-9H,1-3H3,(H,22,24)(H,23,25)/b21-9-. The maximum atomic E-state index is 12.0. The Balaban J connectivity index is 2.09. The van der Waals surface area contributed by atoms with E-state index in [1.54, 1.807) is 18.2 Å². The van der Waals surface area contributed by atoms with Crippen LogP contribution in [0.5, 0.6) is 17.2 Å². The van der Waals surface area contributed by atoms with Gasteiger partial charge in [-0.3, -0.25) is 9.59 Å². The van der Waals surface area contributed by atoms with E-state index in [4.69, 9.17) is 37.4 Å². The number of halogens is 2. The molecule has 28 heavy (non-hydrogen) atoms. The molecule has 0 heterocycles. The van der Waals surface area contributed by atoms with E-state index in [2.05, 4.69) is 15.8 Å². The summed E-state index contributed by atoms with van der Waals surface area (Å²) in [5.74, 6) is -0.755. The van der Waals surface area contributed by atoms with Crippen LogP contribution in [0.25, 0.3) is 0 Å². The highest BCUT2D eigenvalue weighted by Gasteiger charge is 2.16. The van der Waals surface area contributed by atoms with Crippen molar-refractivity contribution in [2.75, 3.05) is 26.6 Å². The normalized spacial score (nSPS) is 10.5. The van der Waals surface area contributed by atoms with Crippen molar-refractivity contribution in [1.29, 1.82) is 0 Å². The monoisotopic (exact) mass is 425 g/mol. The SMILES string of the molecule is COc1ccc(/C=N\NC(=O)C(=O)Nc2cc(Cl)ccc2Cl)c(OC)c1OC. The Bertz CT molecular complexity index is 918. The third kappa shape index (κ3) is 5.05. The van der Waals surface area contributed by atoms with Gasteiger partial charge in [-0.2, -0.15) is 5.10 Å². The molecule has 0 aliphatic carbocycles. The van der Waals surface area contributed by atoms with Crippen LogP contribution in [0.4, 0.5) is 5.69 Å². The van der Waals surface area contributed by atoms with Gasteiger partial charge in [-0.05, 0) is 30.3 Å². The lowest BCUT2D eigenvalue weighted by molar-refractivity contribution is -0.136. The number of hydrazone groups is 1. The first-order valence-electron chi connectivity index (χ1n) is 7.79. The van der Waals surface area contributed by atoms with Gasteiger partial charge in [-0.1, -0.05) is 23.2 Å². The van der Waals surface area contributed by atoms with Crippen molar-refractivity contribution in [3.63, 3.8) is 0 Å². The second-order valence-electron chi connectivity index (χ2n) is 5.20. The Hall–Kier alpha value is -2.97. The minimum Gasteiger partial charge on any atom is -0.493 e. The first-order valence-corrected chi connectivity index (χ1v) is 8.55. The van der Waals surface area contributed by atoms with Gasteiger partial charge in [0.25, 0.3) is 0 Å². The summed E-state index contributed by atoms with van der Waals surface area (Å²) in [6.07, 6.45) is 1.30. The highest BCUT2D eigenvalue weighted by atomic mass is 35.5. The van der Waals surface area contributed by atoms with E-state index in [0.717, 1.165) is 0 Å². The molecule has 8 nitrogen and oxygen atoms in total. The van der Waals surface area contributed by atoms with E-state index in [-0.39, 0.29) is 10.7 Å². The van der Waals surface area contributed by atoms with Gasteiger partial charge >= 0.3 is 11.8 Å². The van der Waals surface area contributed by atoms with Crippen LogP contribution in [-0.4, -0.2) is 39.4 Å². The zero-order chi connectivity index (χ0) is 20.7. The van der Waals surface area contributed by atoms with Gasteiger partial charge in [0.15, 0.2) is 11.5 Å². The Morgan fingerprint density at radius 2 is 1.68 bits per heavy atom. The molecule has 0 radical (unpaired) electrons. The first kappa shape index (κ1) is 21.3. The smallest absolute Gasteiger partial charge is 0.329 e. The maximum absolute atomic E-state index is 12.0. The van der Waals surface area contributed by atoms with Crippen LogP contribution in [0.2, 0.25) is 10.0 Å². The molecule has 0 aliphatic rings. The molecule has 2 aromatic rings.